The van der Waals surface area contributed by atoms with Crippen molar-refractivity contribution in [1.82, 2.24) is 15.4 Å². The van der Waals surface area contributed by atoms with E-state index >= 15 is 0 Å². The van der Waals surface area contributed by atoms with Crippen molar-refractivity contribution in [2.75, 3.05) is 19.8 Å². The quantitative estimate of drug-likeness (QED) is 0.520. The molecule has 0 atom stereocenters. The van der Waals surface area contributed by atoms with E-state index in [2.05, 4.69) is 20.3 Å². The molecule has 0 fully saturated rings. The standard InChI is InChI=1S/C14H22Cl2N4O2S/c1-14(2,20-23(4,21)22)9-19-13(17-3)18-8-10-5-6-11(15)7-12(10)16/h5-7,20H,8-9H2,1-4H3,(H2,17,18,19). The summed E-state index contributed by atoms with van der Waals surface area (Å²) >= 11 is 12.0. The van der Waals surface area contributed by atoms with Crippen molar-refractivity contribution in [3.8, 4) is 0 Å². The molecule has 1 aromatic rings. The number of sulfonamides is 1. The summed E-state index contributed by atoms with van der Waals surface area (Å²) < 4.78 is 25.2. The molecule has 3 N–H and O–H groups in total. The molecular weight excluding hydrogens is 359 g/mol. The number of benzene rings is 1. The molecule has 0 amide bonds. The number of hydrogen-bond donors (Lipinski definition) is 3. The third-order valence-electron chi connectivity index (χ3n) is 2.84. The van der Waals surface area contributed by atoms with E-state index in [4.69, 9.17) is 23.2 Å². The lowest BCUT2D eigenvalue weighted by molar-refractivity contribution is 0.446. The molecule has 1 rings (SSSR count). The Morgan fingerprint density at radius 1 is 1.26 bits per heavy atom. The molecule has 0 spiro atoms. The molecule has 0 heterocycles. The van der Waals surface area contributed by atoms with Gasteiger partial charge in [0.1, 0.15) is 0 Å². The summed E-state index contributed by atoms with van der Waals surface area (Å²) in [6.45, 7) is 4.40. The molecule has 0 saturated carbocycles. The number of halogens is 2. The summed E-state index contributed by atoms with van der Waals surface area (Å²) in [5.41, 5.74) is 0.232. The Labute approximate surface area is 147 Å². The van der Waals surface area contributed by atoms with Crippen molar-refractivity contribution in [2.24, 2.45) is 4.99 Å². The average Bonchev–Trinajstić information content (AvgIpc) is 2.38. The van der Waals surface area contributed by atoms with Crippen LogP contribution in [0, 0.1) is 0 Å². The maximum absolute atomic E-state index is 11.3. The third kappa shape index (κ3) is 7.87. The van der Waals surface area contributed by atoms with Crippen LogP contribution in [-0.4, -0.2) is 39.8 Å². The van der Waals surface area contributed by atoms with E-state index in [0.29, 0.717) is 29.1 Å². The second-order valence-electron chi connectivity index (χ2n) is 5.77. The van der Waals surface area contributed by atoms with E-state index in [0.717, 1.165) is 11.8 Å². The van der Waals surface area contributed by atoms with Crippen molar-refractivity contribution in [2.45, 2.75) is 25.9 Å². The van der Waals surface area contributed by atoms with Gasteiger partial charge in [0.25, 0.3) is 0 Å². The van der Waals surface area contributed by atoms with Crippen LogP contribution in [0.2, 0.25) is 10.0 Å². The fraction of sp³-hybridized carbons (Fsp3) is 0.500. The van der Waals surface area contributed by atoms with Gasteiger partial charge in [-0.05, 0) is 31.5 Å². The fourth-order valence-corrected chi connectivity index (χ4v) is 3.46. The first-order valence-electron chi connectivity index (χ1n) is 6.90. The lowest BCUT2D eigenvalue weighted by atomic mass is 10.1. The van der Waals surface area contributed by atoms with Gasteiger partial charge >= 0.3 is 0 Å². The van der Waals surface area contributed by atoms with E-state index in [1.54, 1.807) is 33.0 Å². The molecule has 6 nitrogen and oxygen atoms in total. The Morgan fingerprint density at radius 3 is 2.43 bits per heavy atom. The summed E-state index contributed by atoms with van der Waals surface area (Å²) in [6, 6.07) is 5.27. The van der Waals surface area contributed by atoms with Gasteiger partial charge in [-0.3, -0.25) is 4.99 Å². The van der Waals surface area contributed by atoms with Crippen molar-refractivity contribution >= 4 is 39.2 Å². The van der Waals surface area contributed by atoms with Crippen molar-refractivity contribution < 1.29 is 8.42 Å². The van der Waals surface area contributed by atoms with Gasteiger partial charge in [-0.1, -0.05) is 29.3 Å². The Kier molecular flexibility index (Phi) is 7.13. The molecule has 0 radical (unpaired) electrons. The first-order chi connectivity index (χ1) is 10.5. The van der Waals surface area contributed by atoms with E-state index in [1.165, 1.54) is 0 Å². The maximum Gasteiger partial charge on any atom is 0.209 e. The van der Waals surface area contributed by atoms with Crippen molar-refractivity contribution in [3.05, 3.63) is 33.8 Å². The number of nitrogens with one attached hydrogen (secondary N) is 3. The number of rotatable bonds is 6. The van der Waals surface area contributed by atoms with Gasteiger partial charge in [0.2, 0.25) is 10.0 Å². The molecule has 1 aromatic carbocycles. The normalized spacial score (nSPS) is 13.0. The smallest absolute Gasteiger partial charge is 0.209 e. The molecule has 0 aliphatic rings. The van der Waals surface area contributed by atoms with E-state index in [-0.39, 0.29) is 0 Å². The van der Waals surface area contributed by atoms with Crippen LogP contribution in [0.15, 0.2) is 23.2 Å². The van der Waals surface area contributed by atoms with Crippen LogP contribution in [0.4, 0.5) is 0 Å². The Bertz CT molecular complexity index is 675. The third-order valence-corrected chi connectivity index (χ3v) is 4.35. The van der Waals surface area contributed by atoms with Gasteiger partial charge in [0, 0.05) is 35.7 Å². The van der Waals surface area contributed by atoms with Crippen LogP contribution in [0.25, 0.3) is 0 Å². The first kappa shape index (κ1) is 20.0. The second kappa shape index (κ2) is 8.19. The largest absolute Gasteiger partial charge is 0.355 e. The highest BCUT2D eigenvalue weighted by molar-refractivity contribution is 7.88. The first-order valence-corrected chi connectivity index (χ1v) is 9.54. The SMILES string of the molecule is CN=C(NCc1ccc(Cl)cc1Cl)NCC(C)(C)NS(C)(=O)=O. The minimum Gasteiger partial charge on any atom is -0.355 e. The van der Waals surface area contributed by atoms with E-state index < -0.39 is 15.6 Å². The molecule has 0 unspecified atom stereocenters. The highest BCUT2D eigenvalue weighted by Crippen LogP contribution is 2.20. The van der Waals surface area contributed by atoms with Crippen LogP contribution in [-0.2, 0) is 16.6 Å². The molecule has 0 bridgehead atoms. The Balaban J connectivity index is 2.58. The zero-order valence-electron chi connectivity index (χ0n) is 13.6. The summed E-state index contributed by atoms with van der Waals surface area (Å²) in [7, 11) is -1.65. The monoisotopic (exact) mass is 380 g/mol. The van der Waals surface area contributed by atoms with Crippen molar-refractivity contribution in [3.63, 3.8) is 0 Å². The average molecular weight is 381 g/mol. The Morgan fingerprint density at radius 2 is 1.91 bits per heavy atom. The zero-order valence-corrected chi connectivity index (χ0v) is 15.9. The minimum atomic E-state index is -3.28. The van der Waals surface area contributed by atoms with Crippen LogP contribution in [0.3, 0.4) is 0 Å². The molecule has 0 aliphatic carbocycles. The van der Waals surface area contributed by atoms with Crippen LogP contribution >= 0.6 is 23.2 Å². The lowest BCUT2D eigenvalue weighted by Crippen LogP contribution is -2.52. The van der Waals surface area contributed by atoms with Crippen LogP contribution in [0.5, 0.6) is 0 Å². The molecule has 23 heavy (non-hydrogen) atoms. The van der Waals surface area contributed by atoms with Crippen molar-refractivity contribution in [1.29, 1.82) is 0 Å². The topological polar surface area (TPSA) is 82.6 Å². The van der Waals surface area contributed by atoms with Crippen LogP contribution in [0.1, 0.15) is 19.4 Å². The van der Waals surface area contributed by atoms with Gasteiger partial charge < -0.3 is 10.6 Å². The predicted octanol–water partition coefficient (Wildman–Crippen LogP) is 1.99. The summed E-state index contributed by atoms with van der Waals surface area (Å²) in [5.74, 6) is 0.541. The summed E-state index contributed by atoms with van der Waals surface area (Å²) in [6.07, 6.45) is 1.13. The number of guanidine groups is 1. The minimum absolute atomic E-state index is 0.369. The highest BCUT2D eigenvalue weighted by atomic mass is 35.5. The van der Waals surface area contributed by atoms with Gasteiger partial charge in [0.05, 0.1) is 6.26 Å². The Hall–Kier alpha value is -1.02. The van der Waals surface area contributed by atoms with E-state index in [1.807, 2.05) is 6.07 Å². The molecule has 0 saturated heterocycles. The summed E-state index contributed by atoms with van der Waals surface area (Å²) in [4.78, 5) is 4.10. The van der Waals surface area contributed by atoms with Gasteiger partial charge in [-0.15, -0.1) is 0 Å². The van der Waals surface area contributed by atoms with Crippen LogP contribution < -0.4 is 15.4 Å². The van der Waals surface area contributed by atoms with Gasteiger partial charge in [-0.2, -0.15) is 0 Å². The zero-order chi connectivity index (χ0) is 17.7. The predicted molar refractivity (Wildman–Crippen MR) is 96.7 cm³/mol. The van der Waals surface area contributed by atoms with Gasteiger partial charge in [-0.25, -0.2) is 13.1 Å². The van der Waals surface area contributed by atoms with E-state index in [9.17, 15) is 8.42 Å². The molecule has 0 aliphatic heterocycles. The number of nitrogens with zero attached hydrogens (tertiary/aromatic N) is 1. The second-order valence-corrected chi connectivity index (χ2v) is 8.37. The molecular formula is C14H22Cl2N4O2S. The number of aliphatic imine (C=N–C) groups is 1. The summed E-state index contributed by atoms with van der Waals surface area (Å²) in [5, 5.41) is 7.34. The fourth-order valence-electron chi connectivity index (χ4n) is 1.91. The van der Waals surface area contributed by atoms with Gasteiger partial charge in [0.15, 0.2) is 5.96 Å². The molecule has 130 valence electrons. The molecule has 9 heteroatoms. The molecule has 0 aromatic heterocycles. The lowest BCUT2D eigenvalue weighted by Gasteiger charge is -2.26. The number of hydrogen-bond acceptors (Lipinski definition) is 3. The highest BCUT2D eigenvalue weighted by Gasteiger charge is 2.22. The maximum atomic E-state index is 11.3.